The van der Waals surface area contributed by atoms with Crippen LogP contribution in [0.4, 0.5) is 0 Å². The molecule has 2 aromatic rings. The molecule has 6 heteroatoms. The molecule has 0 radical (unpaired) electrons. The largest absolute Gasteiger partial charge is 0.333 e. The van der Waals surface area contributed by atoms with Crippen LogP contribution in [-0.4, -0.2) is 29.9 Å². The van der Waals surface area contributed by atoms with Crippen molar-refractivity contribution < 1.29 is 0 Å². The maximum atomic E-state index is 4.23. The molecular weight excluding hydrogens is 240 g/mol. The fraction of sp³-hybridized carbons (Fsp3) is 0.615. The predicted molar refractivity (Wildman–Crippen MR) is 73.5 cm³/mol. The van der Waals surface area contributed by atoms with Gasteiger partial charge in [0.15, 0.2) is 0 Å². The van der Waals surface area contributed by atoms with Crippen LogP contribution >= 0.6 is 0 Å². The maximum absolute atomic E-state index is 4.23. The molecule has 0 atom stereocenters. The number of nitrogens with one attached hydrogen (secondary N) is 1. The average molecular weight is 262 g/mol. The van der Waals surface area contributed by atoms with Crippen LogP contribution in [0.15, 0.2) is 18.9 Å². The molecule has 0 unspecified atom stereocenters. The van der Waals surface area contributed by atoms with Gasteiger partial charge in [0.25, 0.3) is 0 Å². The number of nitrogens with zero attached hydrogens (tertiary/aromatic N) is 5. The van der Waals surface area contributed by atoms with Crippen molar-refractivity contribution in [2.75, 3.05) is 0 Å². The molecule has 0 aliphatic carbocycles. The highest BCUT2D eigenvalue weighted by Gasteiger charge is 2.11. The van der Waals surface area contributed by atoms with E-state index in [0.717, 1.165) is 25.3 Å². The Hall–Kier alpha value is -1.69. The van der Waals surface area contributed by atoms with Gasteiger partial charge in [-0.05, 0) is 20.8 Å². The van der Waals surface area contributed by atoms with Crippen molar-refractivity contribution in [2.24, 2.45) is 7.05 Å². The minimum atomic E-state index is 0.110. The summed E-state index contributed by atoms with van der Waals surface area (Å²) in [6.07, 6.45) is 6.37. The van der Waals surface area contributed by atoms with Crippen LogP contribution in [0.1, 0.15) is 32.3 Å². The number of aromatic nitrogens is 5. The van der Waals surface area contributed by atoms with Crippen LogP contribution in [0, 0.1) is 0 Å². The fourth-order valence-corrected chi connectivity index (χ4v) is 1.81. The van der Waals surface area contributed by atoms with Crippen molar-refractivity contribution in [2.45, 2.75) is 45.8 Å². The van der Waals surface area contributed by atoms with Gasteiger partial charge in [0.1, 0.15) is 12.2 Å². The van der Waals surface area contributed by atoms with Crippen molar-refractivity contribution in [1.82, 2.24) is 29.6 Å². The van der Waals surface area contributed by atoms with Gasteiger partial charge in [0.2, 0.25) is 0 Å². The van der Waals surface area contributed by atoms with Crippen molar-refractivity contribution in [3.05, 3.63) is 30.4 Å². The van der Waals surface area contributed by atoms with Gasteiger partial charge in [-0.15, -0.1) is 10.2 Å². The molecule has 0 aromatic carbocycles. The first-order valence-electron chi connectivity index (χ1n) is 6.52. The van der Waals surface area contributed by atoms with Crippen LogP contribution in [0.3, 0.4) is 0 Å². The van der Waals surface area contributed by atoms with Crippen LogP contribution in [0.25, 0.3) is 0 Å². The summed E-state index contributed by atoms with van der Waals surface area (Å²) < 4.78 is 4.11. The van der Waals surface area contributed by atoms with Gasteiger partial charge in [0.05, 0.1) is 12.0 Å². The molecule has 2 aromatic heterocycles. The third-order valence-corrected chi connectivity index (χ3v) is 2.98. The molecule has 0 bridgehead atoms. The molecule has 2 heterocycles. The highest BCUT2D eigenvalue weighted by atomic mass is 15.2. The maximum Gasteiger partial charge on any atom is 0.134 e. The summed E-state index contributed by atoms with van der Waals surface area (Å²) in [4.78, 5) is 4.23. The summed E-state index contributed by atoms with van der Waals surface area (Å²) in [7, 11) is 1.96. The standard InChI is InChI=1S/C13H22N6/c1-13(2,3)15-8-11-7-14-9-19(11)6-5-12-17-16-10-18(12)4/h7,9-10,15H,5-6,8H2,1-4H3. The second-order valence-corrected chi connectivity index (χ2v) is 5.79. The van der Waals surface area contributed by atoms with E-state index >= 15 is 0 Å². The van der Waals surface area contributed by atoms with Gasteiger partial charge in [0, 0.05) is 38.3 Å². The molecular formula is C13H22N6. The summed E-state index contributed by atoms with van der Waals surface area (Å²) in [5, 5.41) is 11.5. The van der Waals surface area contributed by atoms with Crippen LogP contribution in [-0.2, 0) is 26.6 Å². The topological polar surface area (TPSA) is 60.6 Å². The second kappa shape index (κ2) is 5.52. The zero-order valence-electron chi connectivity index (χ0n) is 12.1. The smallest absolute Gasteiger partial charge is 0.134 e. The Morgan fingerprint density at radius 2 is 2.05 bits per heavy atom. The highest BCUT2D eigenvalue weighted by Crippen LogP contribution is 2.06. The summed E-state index contributed by atoms with van der Waals surface area (Å²) in [6.45, 7) is 8.17. The Bertz CT molecular complexity index is 519. The van der Waals surface area contributed by atoms with Crippen molar-refractivity contribution in [3.63, 3.8) is 0 Å². The Balaban J connectivity index is 1.94. The second-order valence-electron chi connectivity index (χ2n) is 5.79. The third-order valence-electron chi connectivity index (χ3n) is 2.98. The van der Waals surface area contributed by atoms with E-state index in [1.165, 1.54) is 5.69 Å². The lowest BCUT2D eigenvalue weighted by molar-refractivity contribution is 0.415. The summed E-state index contributed by atoms with van der Waals surface area (Å²) in [5.41, 5.74) is 1.30. The Kier molecular flexibility index (Phi) is 3.99. The van der Waals surface area contributed by atoms with Crippen LogP contribution in [0.5, 0.6) is 0 Å². The lowest BCUT2D eigenvalue weighted by Gasteiger charge is -2.20. The summed E-state index contributed by atoms with van der Waals surface area (Å²) >= 11 is 0. The molecule has 0 aliphatic rings. The van der Waals surface area contributed by atoms with Crippen LogP contribution < -0.4 is 5.32 Å². The fourth-order valence-electron chi connectivity index (χ4n) is 1.81. The van der Waals surface area contributed by atoms with E-state index in [1.54, 1.807) is 6.33 Å². The molecule has 19 heavy (non-hydrogen) atoms. The Labute approximate surface area is 113 Å². The average Bonchev–Trinajstić information content (AvgIpc) is 2.91. The number of rotatable bonds is 5. The van der Waals surface area contributed by atoms with E-state index < -0.39 is 0 Å². The van der Waals surface area contributed by atoms with Crippen LogP contribution in [0.2, 0.25) is 0 Å². The molecule has 0 amide bonds. The molecule has 0 spiro atoms. The number of aryl methyl sites for hydroxylation is 3. The van der Waals surface area contributed by atoms with Crippen molar-refractivity contribution >= 4 is 0 Å². The number of hydrogen-bond donors (Lipinski definition) is 1. The van der Waals surface area contributed by atoms with E-state index in [0.29, 0.717) is 0 Å². The molecule has 104 valence electrons. The van der Waals surface area contributed by atoms with Gasteiger partial charge < -0.3 is 14.5 Å². The van der Waals surface area contributed by atoms with Gasteiger partial charge >= 0.3 is 0 Å². The molecule has 2 rings (SSSR count). The molecule has 0 saturated carbocycles. The van der Waals surface area contributed by atoms with E-state index in [4.69, 9.17) is 0 Å². The Morgan fingerprint density at radius 3 is 2.68 bits per heavy atom. The van der Waals surface area contributed by atoms with Gasteiger partial charge in [-0.25, -0.2) is 4.98 Å². The van der Waals surface area contributed by atoms with Gasteiger partial charge in [-0.1, -0.05) is 0 Å². The molecule has 1 N–H and O–H groups in total. The van der Waals surface area contributed by atoms with Crippen molar-refractivity contribution in [3.8, 4) is 0 Å². The number of imidazole rings is 1. The normalized spacial score (nSPS) is 12.0. The Morgan fingerprint density at radius 1 is 1.26 bits per heavy atom. The lowest BCUT2D eigenvalue weighted by Crippen LogP contribution is -2.35. The van der Waals surface area contributed by atoms with E-state index in [9.17, 15) is 0 Å². The summed E-state index contributed by atoms with van der Waals surface area (Å²) in [5.74, 6) is 0.989. The summed E-state index contributed by atoms with van der Waals surface area (Å²) in [6, 6.07) is 0. The molecule has 0 aliphatic heterocycles. The first-order valence-corrected chi connectivity index (χ1v) is 6.52. The molecule has 6 nitrogen and oxygen atoms in total. The first kappa shape index (κ1) is 13.7. The van der Waals surface area contributed by atoms with Crippen molar-refractivity contribution in [1.29, 1.82) is 0 Å². The van der Waals surface area contributed by atoms with E-state index in [1.807, 2.05) is 24.1 Å². The predicted octanol–water partition coefficient (Wildman–Crippen LogP) is 1.14. The zero-order chi connectivity index (χ0) is 13.9. The third kappa shape index (κ3) is 3.89. The quantitative estimate of drug-likeness (QED) is 0.878. The monoisotopic (exact) mass is 262 g/mol. The number of hydrogen-bond acceptors (Lipinski definition) is 4. The minimum Gasteiger partial charge on any atom is -0.333 e. The minimum absolute atomic E-state index is 0.110. The first-order chi connectivity index (χ1) is 8.96. The van der Waals surface area contributed by atoms with E-state index in [-0.39, 0.29) is 5.54 Å². The van der Waals surface area contributed by atoms with E-state index in [2.05, 4.69) is 45.8 Å². The molecule has 0 fully saturated rings. The SMILES string of the molecule is Cn1cnnc1CCn1cncc1CNC(C)(C)C. The highest BCUT2D eigenvalue weighted by molar-refractivity contribution is 4.99. The lowest BCUT2D eigenvalue weighted by atomic mass is 10.1. The van der Waals surface area contributed by atoms with Gasteiger partial charge in [-0.2, -0.15) is 0 Å². The molecule has 0 saturated heterocycles. The zero-order valence-corrected chi connectivity index (χ0v) is 12.1. The van der Waals surface area contributed by atoms with Gasteiger partial charge in [-0.3, -0.25) is 0 Å².